The van der Waals surface area contributed by atoms with E-state index in [2.05, 4.69) is 19.2 Å². The molecular formula is C21H27ClN3O4+. The van der Waals surface area contributed by atoms with Gasteiger partial charge in [-0.2, -0.15) is 0 Å². The molecule has 3 amide bonds. The van der Waals surface area contributed by atoms with E-state index in [4.69, 9.17) is 16.3 Å². The molecule has 1 aromatic rings. The van der Waals surface area contributed by atoms with Crippen LogP contribution in [0.25, 0.3) is 0 Å². The maximum Gasteiger partial charge on any atom is 0.291 e. The summed E-state index contributed by atoms with van der Waals surface area (Å²) in [6.07, 6.45) is 1.32. The fourth-order valence-corrected chi connectivity index (χ4v) is 5.51. The van der Waals surface area contributed by atoms with Crippen LogP contribution in [0.5, 0.6) is 0 Å². The van der Waals surface area contributed by atoms with Crippen molar-refractivity contribution in [2.45, 2.75) is 38.3 Å². The van der Waals surface area contributed by atoms with Crippen molar-refractivity contribution in [3.05, 3.63) is 28.8 Å². The van der Waals surface area contributed by atoms with Gasteiger partial charge in [-0.1, -0.05) is 25.4 Å². The number of carbonyl (C=O) groups excluding carboxylic acids is 3. The van der Waals surface area contributed by atoms with Crippen LogP contribution >= 0.6 is 11.6 Å². The van der Waals surface area contributed by atoms with Crippen molar-refractivity contribution in [3.63, 3.8) is 0 Å². The first-order valence-corrected chi connectivity index (χ1v) is 10.5. The van der Waals surface area contributed by atoms with Gasteiger partial charge in [-0.25, -0.2) is 0 Å². The Hall–Kier alpha value is -1.96. The van der Waals surface area contributed by atoms with E-state index < -0.39 is 17.4 Å². The van der Waals surface area contributed by atoms with Crippen molar-refractivity contribution in [2.24, 2.45) is 17.8 Å². The second-order valence-electron chi connectivity index (χ2n) is 8.65. The summed E-state index contributed by atoms with van der Waals surface area (Å²) in [5.74, 6) is -1.57. The van der Waals surface area contributed by atoms with Crippen molar-refractivity contribution >= 4 is 35.0 Å². The molecule has 1 aromatic carbocycles. The zero-order valence-corrected chi connectivity index (χ0v) is 17.7. The lowest BCUT2D eigenvalue weighted by molar-refractivity contribution is -0.734. The number of likely N-dealkylation sites (tertiary alicyclic amines) is 1. The minimum Gasteiger partial charge on any atom is -0.385 e. The van der Waals surface area contributed by atoms with E-state index in [-0.39, 0.29) is 23.8 Å². The smallest absolute Gasteiger partial charge is 0.291 e. The highest BCUT2D eigenvalue weighted by Crippen LogP contribution is 2.50. The number of hydrogen-bond acceptors (Lipinski definition) is 4. The molecule has 156 valence electrons. The van der Waals surface area contributed by atoms with Crippen LogP contribution in [-0.4, -0.2) is 48.9 Å². The topological polar surface area (TPSA) is 92.3 Å². The molecule has 4 rings (SSSR count). The van der Waals surface area contributed by atoms with Crippen molar-refractivity contribution in [3.8, 4) is 0 Å². The fraction of sp³-hybridized carbons (Fsp3) is 0.571. The number of nitrogens with zero attached hydrogens (tertiary/aromatic N) is 1. The van der Waals surface area contributed by atoms with Gasteiger partial charge in [0.2, 0.25) is 17.4 Å². The lowest BCUT2D eigenvalue weighted by Gasteiger charge is -2.26. The summed E-state index contributed by atoms with van der Waals surface area (Å²) >= 11 is 6.25. The number of methoxy groups -OCH3 is 1. The number of ether oxygens (including phenoxy) is 1. The van der Waals surface area contributed by atoms with Crippen LogP contribution in [0.3, 0.4) is 0 Å². The van der Waals surface area contributed by atoms with Gasteiger partial charge in [-0.05, 0) is 30.5 Å². The molecular weight excluding hydrogens is 394 g/mol. The Morgan fingerprint density at radius 2 is 2.03 bits per heavy atom. The minimum atomic E-state index is -1.15. The zero-order valence-electron chi connectivity index (χ0n) is 16.9. The molecule has 2 saturated heterocycles. The Balaban J connectivity index is 1.79. The van der Waals surface area contributed by atoms with Gasteiger partial charge in [0.05, 0.1) is 5.69 Å². The van der Waals surface area contributed by atoms with Crippen LogP contribution in [0.15, 0.2) is 18.2 Å². The SMILES string of the molecule is COCCCN1C(=O)[C@@H]2[C@H](CC(C)C)[NH2+][C@@]3(C(=O)Nc4ccc(Cl)cc43)[C@@H]2C1=O. The minimum absolute atomic E-state index is 0.139. The second kappa shape index (κ2) is 7.38. The second-order valence-corrected chi connectivity index (χ2v) is 9.09. The highest BCUT2D eigenvalue weighted by atomic mass is 35.5. The van der Waals surface area contributed by atoms with Gasteiger partial charge >= 0.3 is 0 Å². The van der Waals surface area contributed by atoms with E-state index >= 15 is 0 Å². The molecule has 3 aliphatic heterocycles. The molecule has 2 fully saturated rings. The Morgan fingerprint density at radius 1 is 1.28 bits per heavy atom. The van der Waals surface area contributed by atoms with E-state index in [1.165, 1.54) is 4.90 Å². The molecule has 3 aliphatic rings. The molecule has 1 spiro atoms. The van der Waals surface area contributed by atoms with Crippen LogP contribution in [-0.2, 0) is 24.7 Å². The molecule has 0 aliphatic carbocycles. The molecule has 3 heterocycles. The van der Waals surface area contributed by atoms with Gasteiger partial charge in [0, 0.05) is 37.3 Å². The number of carbonyl (C=O) groups is 3. The third-order valence-corrected chi connectivity index (χ3v) is 6.63. The average Bonchev–Trinajstić information content (AvgIpc) is 3.22. The van der Waals surface area contributed by atoms with E-state index in [9.17, 15) is 14.4 Å². The number of amides is 3. The van der Waals surface area contributed by atoms with Crippen LogP contribution in [0.2, 0.25) is 5.02 Å². The van der Waals surface area contributed by atoms with Crippen LogP contribution in [0.1, 0.15) is 32.3 Å². The first-order chi connectivity index (χ1) is 13.8. The lowest BCUT2D eigenvalue weighted by atomic mass is 9.76. The standard InChI is InChI=1S/C21H26ClN3O4/c1-11(2)9-15-16-17(19(27)25(18(16)26)7-4-8-29-3)21(24-15)13-10-12(22)5-6-14(13)23-20(21)28/h5-6,10-11,15-17,24H,4,7-9H2,1-3H3,(H,23,28)/p+1/t15-,16+,17-,21+/m0/s1. The predicted octanol–water partition coefficient (Wildman–Crippen LogP) is 1.12. The number of nitrogens with one attached hydrogen (secondary N) is 1. The average molecular weight is 421 g/mol. The number of imide groups is 1. The molecule has 0 bridgehead atoms. The highest BCUT2D eigenvalue weighted by molar-refractivity contribution is 6.31. The van der Waals surface area contributed by atoms with E-state index in [0.29, 0.717) is 41.8 Å². The summed E-state index contributed by atoms with van der Waals surface area (Å²) in [7, 11) is 1.59. The van der Waals surface area contributed by atoms with E-state index in [0.717, 1.165) is 6.42 Å². The first-order valence-electron chi connectivity index (χ1n) is 10.1. The van der Waals surface area contributed by atoms with Crippen LogP contribution < -0.4 is 10.6 Å². The molecule has 0 saturated carbocycles. The molecule has 0 radical (unpaired) electrons. The summed E-state index contributed by atoms with van der Waals surface area (Å²) in [4.78, 5) is 41.4. The number of anilines is 1. The Kier molecular flexibility index (Phi) is 5.17. The Morgan fingerprint density at radius 3 is 2.72 bits per heavy atom. The Labute approximate surface area is 175 Å². The number of quaternary nitrogens is 1. The van der Waals surface area contributed by atoms with Gasteiger partial charge in [-0.15, -0.1) is 0 Å². The Bertz CT molecular complexity index is 873. The van der Waals surface area contributed by atoms with Gasteiger partial charge < -0.3 is 15.4 Å². The maximum atomic E-state index is 13.5. The summed E-state index contributed by atoms with van der Waals surface area (Å²) in [5, 5.41) is 5.38. The molecule has 29 heavy (non-hydrogen) atoms. The number of fused-ring (bicyclic) bond motifs is 4. The summed E-state index contributed by atoms with van der Waals surface area (Å²) < 4.78 is 5.08. The van der Waals surface area contributed by atoms with Gasteiger partial charge in [0.25, 0.3) is 5.91 Å². The zero-order chi connectivity index (χ0) is 20.9. The summed E-state index contributed by atoms with van der Waals surface area (Å²) in [5.41, 5.74) is 0.224. The number of halogens is 1. The molecule has 7 nitrogen and oxygen atoms in total. The summed E-state index contributed by atoms with van der Waals surface area (Å²) in [6, 6.07) is 5.10. The third kappa shape index (κ3) is 2.98. The predicted molar refractivity (Wildman–Crippen MR) is 107 cm³/mol. The third-order valence-electron chi connectivity index (χ3n) is 6.40. The van der Waals surface area contributed by atoms with Crippen molar-refractivity contribution in [1.29, 1.82) is 0 Å². The van der Waals surface area contributed by atoms with Gasteiger partial charge in [0.15, 0.2) is 0 Å². The number of hydrogen-bond donors (Lipinski definition) is 2. The number of benzene rings is 1. The molecule has 4 atom stereocenters. The normalized spacial score (nSPS) is 30.4. The summed E-state index contributed by atoms with van der Waals surface area (Å²) in [6.45, 7) is 4.96. The quantitative estimate of drug-likeness (QED) is 0.532. The van der Waals surface area contributed by atoms with Crippen molar-refractivity contribution in [1.82, 2.24) is 4.90 Å². The monoisotopic (exact) mass is 420 g/mol. The fourth-order valence-electron chi connectivity index (χ4n) is 5.34. The van der Waals surface area contributed by atoms with Crippen LogP contribution in [0.4, 0.5) is 5.69 Å². The molecule has 0 aromatic heterocycles. The lowest BCUT2D eigenvalue weighted by Crippen LogP contribution is -2.99. The van der Waals surface area contributed by atoms with Crippen LogP contribution in [0, 0.1) is 17.8 Å². The van der Waals surface area contributed by atoms with E-state index in [1.807, 2.05) is 5.32 Å². The van der Waals surface area contributed by atoms with Crippen molar-refractivity contribution in [2.75, 3.05) is 25.6 Å². The molecule has 0 unspecified atom stereocenters. The van der Waals surface area contributed by atoms with Gasteiger partial charge in [-0.3, -0.25) is 19.3 Å². The van der Waals surface area contributed by atoms with Crippen molar-refractivity contribution < 1.29 is 24.4 Å². The largest absolute Gasteiger partial charge is 0.385 e. The number of nitrogens with two attached hydrogens (primary N) is 1. The number of rotatable bonds is 6. The first kappa shape index (κ1) is 20.3. The molecule has 3 N–H and O–H groups in total. The van der Waals surface area contributed by atoms with Gasteiger partial charge in [0.1, 0.15) is 17.9 Å². The molecule has 8 heteroatoms. The maximum absolute atomic E-state index is 13.5. The highest BCUT2D eigenvalue weighted by Gasteiger charge is 2.74. The van der Waals surface area contributed by atoms with E-state index in [1.54, 1.807) is 25.3 Å².